The quantitative estimate of drug-likeness (QED) is 0.670. The number of fused-ring (bicyclic) bond motifs is 3. The molecule has 0 aromatic heterocycles. The van der Waals surface area contributed by atoms with Crippen molar-refractivity contribution in [2.45, 2.75) is 65.2 Å². The summed E-state index contributed by atoms with van der Waals surface area (Å²) >= 11 is 0. The summed E-state index contributed by atoms with van der Waals surface area (Å²) < 4.78 is 10.1. The van der Waals surface area contributed by atoms with Gasteiger partial charge in [-0.25, -0.2) is 0 Å². The highest BCUT2D eigenvalue weighted by Gasteiger charge is 2.57. The Bertz CT molecular complexity index is 723. The van der Waals surface area contributed by atoms with E-state index in [2.05, 4.69) is 18.6 Å². The van der Waals surface area contributed by atoms with E-state index in [1.165, 1.54) is 7.11 Å². The minimum atomic E-state index is -0.433. The van der Waals surface area contributed by atoms with E-state index in [1.807, 2.05) is 0 Å². The fourth-order valence-corrected chi connectivity index (χ4v) is 5.76. The van der Waals surface area contributed by atoms with E-state index < -0.39 is 11.9 Å². The Balaban J connectivity index is 1.74. The molecule has 0 N–H and O–H groups in total. The van der Waals surface area contributed by atoms with Gasteiger partial charge < -0.3 is 9.47 Å². The molecular formula is C22H30O6. The molecule has 0 aliphatic heterocycles. The average Bonchev–Trinajstić information content (AvgIpc) is 2.66. The van der Waals surface area contributed by atoms with Crippen LogP contribution in [-0.2, 0) is 28.7 Å². The van der Waals surface area contributed by atoms with Crippen LogP contribution >= 0.6 is 0 Å². The highest BCUT2D eigenvalue weighted by Crippen LogP contribution is 2.61. The Labute approximate surface area is 166 Å². The zero-order valence-corrected chi connectivity index (χ0v) is 17.0. The zero-order chi connectivity index (χ0) is 20.5. The largest absolute Gasteiger partial charge is 0.469 e. The lowest BCUT2D eigenvalue weighted by atomic mass is 9.46. The number of esters is 2. The number of hydrogen-bond donors (Lipinski definition) is 0. The SMILES string of the molecule is COC(=O)CCC(=O)OC[C@]1(C)CCC[C@]2(C)[C@H]3CCC(=O)C=C3C(=O)C[C@@H]12. The van der Waals surface area contributed by atoms with E-state index in [-0.39, 0.29) is 53.7 Å². The molecule has 0 spiro atoms. The standard InChI is InChI=1S/C22H30O6/c1-21(13-28-20(26)8-7-19(25)27-3)9-4-10-22(2)16-6-5-14(23)11-15(16)17(24)12-18(21)22/h11,16,18H,4-10,12-13H2,1-3H3/t16-,18-,21-,22+/m0/s1. The lowest BCUT2D eigenvalue weighted by molar-refractivity contribution is -0.159. The van der Waals surface area contributed by atoms with E-state index in [0.717, 1.165) is 25.7 Å². The Kier molecular flexibility index (Phi) is 5.78. The van der Waals surface area contributed by atoms with Gasteiger partial charge in [0.1, 0.15) is 0 Å². The molecule has 2 saturated carbocycles. The van der Waals surface area contributed by atoms with Crippen LogP contribution in [0.2, 0.25) is 0 Å². The topological polar surface area (TPSA) is 86.7 Å². The molecule has 0 heterocycles. The second kappa shape index (κ2) is 7.80. The van der Waals surface area contributed by atoms with Crippen molar-refractivity contribution in [3.63, 3.8) is 0 Å². The summed E-state index contributed by atoms with van der Waals surface area (Å²) in [6, 6.07) is 0. The first kappa shape index (κ1) is 20.7. The van der Waals surface area contributed by atoms with Gasteiger partial charge in [-0.1, -0.05) is 20.3 Å². The number of Topliss-reactive ketones (excluding diaryl/α,β-unsaturated/α-hetero) is 1. The monoisotopic (exact) mass is 390 g/mol. The highest BCUT2D eigenvalue weighted by molar-refractivity contribution is 6.05. The van der Waals surface area contributed by atoms with Crippen LogP contribution < -0.4 is 0 Å². The lowest BCUT2D eigenvalue weighted by Crippen LogP contribution is -2.55. The zero-order valence-electron chi connectivity index (χ0n) is 17.0. The molecule has 0 amide bonds. The van der Waals surface area contributed by atoms with Gasteiger partial charge in [0.15, 0.2) is 11.6 Å². The van der Waals surface area contributed by atoms with Gasteiger partial charge in [0.2, 0.25) is 0 Å². The Morgan fingerprint density at radius 3 is 2.57 bits per heavy atom. The van der Waals surface area contributed by atoms with Crippen molar-refractivity contribution in [3.8, 4) is 0 Å². The second-order valence-corrected chi connectivity index (χ2v) is 9.09. The average molecular weight is 390 g/mol. The number of hydrogen-bond acceptors (Lipinski definition) is 6. The van der Waals surface area contributed by atoms with Crippen LogP contribution in [0.15, 0.2) is 11.6 Å². The fourth-order valence-electron chi connectivity index (χ4n) is 5.76. The van der Waals surface area contributed by atoms with Crippen molar-refractivity contribution < 1.29 is 28.7 Å². The number of allylic oxidation sites excluding steroid dienone is 2. The van der Waals surface area contributed by atoms with Crippen LogP contribution in [0, 0.1) is 22.7 Å². The smallest absolute Gasteiger partial charge is 0.306 e. The maximum Gasteiger partial charge on any atom is 0.306 e. The maximum atomic E-state index is 12.8. The molecule has 4 atom stereocenters. The van der Waals surface area contributed by atoms with Gasteiger partial charge in [0, 0.05) is 23.8 Å². The lowest BCUT2D eigenvalue weighted by Gasteiger charge is -2.58. The van der Waals surface area contributed by atoms with Crippen molar-refractivity contribution >= 4 is 23.5 Å². The first-order valence-corrected chi connectivity index (χ1v) is 10.2. The van der Waals surface area contributed by atoms with E-state index in [9.17, 15) is 19.2 Å². The third-order valence-corrected chi connectivity index (χ3v) is 7.30. The molecular weight excluding hydrogens is 360 g/mol. The van der Waals surface area contributed by atoms with Gasteiger partial charge >= 0.3 is 11.9 Å². The summed E-state index contributed by atoms with van der Waals surface area (Å²) in [4.78, 5) is 48.0. The van der Waals surface area contributed by atoms with E-state index in [1.54, 1.807) is 6.08 Å². The summed E-state index contributed by atoms with van der Waals surface area (Å²) in [7, 11) is 1.29. The molecule has 0 saturated heterocycles. The minimum absolute atomic E-state index is 0.00123. The number of rotatable bonds is 5. The number of ether oxygens (including phenoxy) is 2. The van der Waals surface area contributed by atoms with Gasteiger partial charge in [-0.05, 0) is 42.6 Å². The molecule has 6 nitrogen and oxygen atoms in total. The van der Waals surface area contributed by atoms with Crippen LogP contribution in [0.1, 0.15) is 65.2 Å². The summed E-state index contributed by atoms with van der Waals surface area (Å²) in [5.74, 6) is -0.483. The van der Waals surface area contributed by atoms with Crippen molar-refractivity contribution in [2.75, 3.05) is 13.7 Å². The molecule has 6 heteroatoms. The van der Waals surface area contributed by atoms with Crippen molar-refractivity contribution in [2.24, 2.45) is 22.7 Å². The normalized spacial score (nSPS) is 34.8. The molecule has 3 aliphatic rings. The number of carbonyl (C=O) groups is 4. The van der Waals surface area contributed by atoms with Crippen molar-refractivity contribution in [1.82, 2.24) is 0 Å². The fraction of sp³-hybridized carbons (Fsp3) is 0.727. The van der Waals surface area contributed by atoms with E-state index >= 15 is 0 Å². The van der Waals surface area contributed by atoms with Crippen LogP contribution in [0.4, 0.5) is 0 Å². The summed E-state index contributed by atoms with van der Waals surface area (Å²) in [6.45, 7) is 4.61. The van der Waals surface area contributed by atoms with Crippen molar-refractivity contribution in [1.29, 1.82) is 0 Å². The molecule has 28 heavy (non-hydrogen) atoms. The van der Waals surface area contributed by atoms with Gasteiger partial charge in [-0.2, -0.15) is 0 Å². The molecule has 0 bridgehead atoms. The first-order valence-electron chi connectivity index (χ1n) is 10.2. The van der Waals surface area contributed by atoms with Gasteiger partial charge in [-0.15, -0.1) is 0 Å². The summed E-state index contributed by atoms with van der Waals surface area (Å²) in [6.07, 6.45) is 6.16. The van der Waals surface area contributed by atoms with Crippen molar-refractivity contribution in [3.05, 3.63) is 11.6 Å². The molecule has 0 unspecified atom stereocenters. The predicted molar refractivity (Wildman–Crippen MR) is 101 cm³/mol. The van der Waals surface area contributed by atoms with Crippen LogP contribution in [0.3, 0.4) is 0 Å². The molecule has 0 aromatic carbocycles. The van der Waals surface area contributed by atoms with E-state index in [4.69, 9.17) is 4.74 Å². The van der Waals surface area contributed by atoms with E-state index in [0.29, 0.717) is 18.4 Å². The third-order valence-electron chi connectivity index (χ3n) is 7.30. The van der Waals surface area contributed by atoms with Crippen LogP contribution in [0.5, 0.6) is 0 Å². The minimum Gasteiger partial charge on any atom is -0.469 e. The predicted octanol–water partition coefficient (Wildman–Crippen LogP) is 3.17. The second-order valence-electron chi connectivity index (χ2n) is 9.09. The molecule has 0 aromatic rings. The van der Waals surface area contributed by atoms with Crippen LogP contribution in [0.25, 0.3) is 0 Å². The maximum absolute atomic E-state index is 12.8. The Morgan fingerprint density at radius 1 is 1.14 bits per heavy atom. The Hall–Kier alpha value is -1.98. The highest BCUT2D eigenvalue weighted by atomic mass is 16.5. The number of carbonyl (C=O) groups excluding carboxylic acids is 4. The van der Waals surface area contributed by atoms with Gasteiger partial charge in [0.05, 0.1) is 26.6 Å². The molecule has 0 radical (unpaired) electrons. The Morgan fingerprint density at radius 2 is 1.86 bits per heavy atom. The summed E-state index contributed by atoms with van der Waals surface area (Å²) in [5, 5.41) is 0. The van der Waals surface area contributed by atoms with Gasteiger partial charge in [-0.3, -0.25) is 19.2 Å². The third kappa shape index (κ3) is 3.78. The summed E-state index contributed by atoms with van der Waals surface area (Å²) in [5.41, 5.74) is 0.372. The van der Waals surface area contributed by atoms with Crippen LogP contribution in [-0.4, -0.2) is 37.2 Å². The molecule has 3 rings (SSSR count). The van der Waals surface area contributed by atoms with Gasteiger partial charge in [0.25, 0.3) is 0 Å². The molecule has 2 fully saturated rings. The number of methoxy groups -OCH3 is 1. The number of ketones is 2. The molecule has 3 aliphatic carbocycles. The molecule has 154 valence electrons. The first-order chi connectivity index (χ1) is 13.2.